The van der Waals surface area contributed by atoms with Gasteiger partial charge in [-0.25, -0.2) is 23.9 Å². The number of aliphatic hydroxyl groups is 1. The van der Waals surface area contributed by atoms with Gasteiger partial charge in [0.25, 0.3) is 0 Å². The second-order valence-electron chi connectivity index (χ2n) is 11.1. The maximum atomic E-state index is 13.4. The summed E-state index contributed by atoms with van der Waals surface area (Å²) in [6.07, 6.45) is 15.2. The average Bonchev–Trinajstić information content (AvgIpc) is 3.63. The molecular weight excluding hydrogens is 521 g/mol. The van der Waals surface area contributed by atoms with Crippen LogP contribution in [0.3, 0.4) is 0 Å². The number of rotatable bonds is 6. The first-order chi connectivity index (χ1) is 19.8. The highest BCUT2D eigenvalue weighted by molar-refractivity contribution is 5.78. The van der Waals surface area contributed by atoms with Crippen molar-refractivity contribution in [2.24, 2.45) is 5.73 Å². The number of halogens is 1. The molecule has 0 radical (unpaired) electrons. The number of aliphatic hydroxyl groups excluding tert-OH is 1. The largest absolute Gasteiger partial charge is 0.393 e. The number of nitrogens with zero attached hydrogens (tertiary/aromatic N) is 8. The topological polar surface area (TPSA) is 123 Å². The van der Waals surface area contributed by atoms with Gasteiger partial charge in [0, 0.05) is 54.6 Å². The number of hydrogen-bond donors (Lipinski definition) is 2. The molecule has 1 unspecified atom stereocenters. The zero-order chi connectivity index (χ0) is 28.1. The van der Waals surface area contributed by atoms with Crippen molar-refractivity contribution >= 4 is 16.9 Å². The molecule has 5 heterocycles. The fourth-order valence-electron chi connectivity index (χ4n) is 5.57. The molecule has 11 heteroatoms. The van der Waals surface area contributed by atoms with Gasteiger partial charge in [-0.05, 0) is 55.5 Å². The number of benzene rings is 1. The Hall–Kier alpha value is -4.48. The summed E-state index contributed by atoms with van der Waals surface area (Å²) >= 11 is 0. The Morgan fingerprint density at radius 2 is 1.76 bits per heavy atom. The van der Waals surface area contributed by atoms with E-state index in [9.17, 15) is 9.50 Å². The van der Waals surface area contributed by atoms with E-state index in [0.29, 0.717) is 12.4 Å². The minimum Gasteiger partial charge on any atom is -0.393 e. The Morgan fingerprint density at radius 3 is 2.46 bits per heavy atom. The summed E-state index contributed by atoms with van der Waals surface area (Å²) in [4.78, 5) is 16.1. The van der Waals surface area contributed by atoms with Gasteiger partial charge >= 0.3 is 0 Å². The summed E-state index contributed by atoms with van der Waals surface area (Å²) < 4.78 is 17.2. The predicted molar refractivity (Wildman–Crippen MR) is 152 cm³/mol. The molecule has 3 N–H and O–H groups in total. The van der Waals surface area contributed by atoms with E-state index < -0.39 is 5.54 Å². The van der Waals surface area contributed by atoms with Gasteiger partial charge < -0.3 is 15.7 Å². The van der Waals surface area contributed by atoms with Crippen molar-refractivity contribution < 1.29 is 9.50 Å². The van der Waals surface area contributed by atoms with Crippen LogP contribution in [-0.4, -0.2) is 58.6 Å². The number of nitrogens with two attached hydrogens (primary N) is 1. The number of fused-ring (bicyclic) bond motifs is 1. The van der Waals surface area contributed by atoms with Crippen LogP contribution in [-0.2, 0) is 5.54 Å². The minimum atomic E-state index is -0.837. The summed E-state index contributed by atoms with van der Waals surface area (Å²) in [6.45, 7) is 3.30. The molecule has 208 valence electrons. The molecule has 0 bridgehead atoms. The van der Waals surface area contributed by atoms with Gasteiger partial charge in [0.15, 0.2) is 11.6 Å². The molecule has 0 spiro atoms. The third-order valence-electron chi connectivity index (χ3n) is 8.27. The third-order valence-corrected chi connectivity index (χ3v) is 8.27. The average molecular weight is 552 g/mol. The monoisotopic (exact) mass is 551 g/mol. The van der Waals surface area contributed by atoms with Crippen molar-refractivity contribution in [3.8, 4) is 11.1 Å². The van der Waals surface area contributed by atoms with E-state index in [2.05, 4.69) is 42.2 Å². The molecule has 1 aliphatic carbocycles. The van der Waals surface area contributed by atoms with Crippen molar-refractivity contribution in [2.45, 2.75) is 43.9 Å². The molecule has 1 saturated carbocycles. The Kier molecular flexibility index (Phi) is 6.13. The maximum absolute atomic E-state index is 13.4. The van der Waals surface area contributed by atoms with Crippen LogP contribution in [0.1, 0.15) is 49.2 Å². The van der Waals surface area contributed by atoms with Crippen LogP contribution in [0.2, 0.25) is 0 Å². The highest BCUT2D eigenvalue weighted by Gasteiger charge is 2.29. The van der Waals surface area contributed by atoms with Crippen molar-refractivity contribution in [3.05, 3.63) is 96.5 Å². The molecular formula is C30H30FN9O. The summed E-state index contributed by atoms with van der Waals surface area (Å²) in [6, 6.07) is 8.55. The lowest BCUT2D eigenvalue weighted by Gasteiger charge is -2.31. The van der Waals surface area contributed by atoms with Crippen LogP contribution in [0, 0.1) is 5.82 Å². The Balaban J connectivity index is 1.08. The van der Waals surface area contributed by atoms with Crippen LogP contribution in [0.15, 0.2) is 73.7 Å². The lowest BCUT2D eigenvalue weighted by molar-refractivity contribution is 0.0434. The number of hydrogen-bond acceptors (Lipinski definition) is 8. The number of anilines is 1. The molecule has 0 saturated heterocycles. The van der Waals surface area contributed by atoms with E-state index in [1.807, 2.05) is 34.7 Å². The van der Waals surface area contributed by atoms with Crippen molar-refractivity contribution in [3.63, 3.8) is 0 Å². The standard InChI is InChI=1S/C30H30FN9O/c1-30(32,22-2-4-24(31)5-3-22)23-14-33-28(34-15-23)19-6-8-38(9-7-19)29-27-10-20(16-40(27)37-18-35-29)21-13-36-39(17-21)25-11-26(41)12-25/h2-6,10,13-18,25-26,41H,7-9,11-12,32H2,1H3/t25-,26-,30?. The summed E-state index contributed by atoms with van der Waals surface area (Å²) in [5.41, 5.74) is 11.3. The molecule has 1 atom stereocenters. The first-order valence-corrected chi connectivity index (χ1v) is 13.7. The van der Waals surface area contributed by atoms with E-state index >= 15 is 0 Å². The van der Waals surface area contributed by atoms with Crippen LogP contribution < -0.4 is 10.6 Å². The van der Waals surface area contributed by atoms with E-state index in [0.717, 1.165) is 65.0 Å². The molecule has 10 nitrogen and oxygen atoms in total. The molecule has 1 aromatic carbocycles. The van der Waals surface area contributed by atoms with E-state index in [-0.39, 0.29) is 18.0 Å². The molecule has 5 aromatic rings. The fourth-order valence-corrected chi connectivity index (χ4v) is 5.57. The molecule has 7 rings (SSSR count). The quantitative estimate of drug-likeness (QED) is 0.327. The highest BCUT2D eigenvalue weighted by atomic mass is 19.1. The molecule has 2 aliphatic rings. The normalized spacial score (nSPS) is 20.5. The predicted octanol–water partition coefficient (Wildman–Crippen LogP) is 3.73. The Labute approximate surface area is 236 Å². The van der Waals surface area contributed by atoms with Gasteiger partial charge in [0.2, 0.25) is 0 Å². The second kappa shape index (κ2) is 9.86. The first-order valence-electron chi connectivity index (χ1n) is 13.7. The lowest BCUT2D eigenvalue weighted by Crippen LogP contribution is -2.34. The minimum absolute atomic E-state index is 0.220. The van der Waals surface area contributed by atoms with E-state index in [4.69, 9.17) is 5.73 Å². The van der Waals surface area contributed by atoms with Crippen LogP contribution in [0.25, 0.3) is 22.2 Å². The van der Waals surface area contributed by atoms with Crippen LogP contribution in [0.4, 0.5) is 10.2 Å². The van der Waals surface area contributed by atoms with Gasteiger partial charge in [-0.1, -0.05) is 18.2 Å². The lowest BCUT2D eigenvalue weighted by atomic mass is 9.87. The maximum Gasteiger partial charge on any atom is 0.156 e. The third kappa shape index (κ3) is 4.66. The zero-order valence-corrected chi connectivity index (χ0v) is 22.6. The van der Waals surface area contributed by atoms with Gasteiger partial charge in [-0.15, -0.1) is 0 Å². The van der Waals surface area contributed by atoms with Crippen molar-refractivity contribution in [1.29, 1.82) is 0 Å². The highest BCUT2D eigenvalue weighted by Crippen LogP contribution is 2.34. The van der Waals surface area contributed by atoms with E-state index in [1.54, 1.807) is 30.9 Å². The Bertz CT molecular complexity index is 1730. The smallest absolute Gasteiger partial charge is 0.156 e. The van der Waals surface area contributed by atoms with E-state index in [1.165, 1.54) is 12.1 Å². The van der Waals surface area contributed by atoms with Gasteiger partial charge in [0.05, 0.1) is 23.9 Å². The summed E-state index contributed by atoms with van der Waals surface area (Å²) in [5, 5.41) is 18.6. The Morgan fingerprint density at radius 1 is 0.976 bits per heavy atom. The molecule has 1 aliphatic heterocycles. The fraction of sp³-hybridized carbons (Fsp3) is 0.300. The van der Waals surface area contributed by atoms with Gasteiger partial charge in [-0.2, -0.15) is 10.2 Å². The zero-order valence-electron chi connectivity index (χ0n) is 22.6. The molecule has 4 aromatic heterocycles. The summed E-state index contributed by atoms with van der Waals surface area (Å²) in [5.74, 6) is 1.25. The summed E-state index contributed by atoms with van der Waals surface area (Å²) in [7, 11) is 0. The van der Waals surface area contributed by atoms with Crippen LogP contribution >= 0.6 is 0 Å². The first kappa shape index (κ1) is 25.5. The second-order valence-corrected chi connectivity index (χ2v) is 11.1. The van der Waals surface area contributed by atoms with Gasteiger partial charge in [-0.3, -0.25) is 4.68 Å². The molecule has 1 fully saturated rings. The van der Waals surface area contributed by atoms with Crippen molar-refractivity contribution in [2.75, 3.05) is 18.0 Å². The van der Waals surface area contributed by atoms with Gasteiger partial charge in [0.1, 0.15) is 17.7 Å². The molecule has 41 heavy (non-hydrogen) atoms. The van der Waals surface area contributed by atoms with Crippen LogP contribution in [0.5, 0.6) is 0 Å². The number of aromatic nitrogens is 7. The SMILES string of the molecule is CC(N)(c1ccc(F)cc1)c1cnc(C2=CCN(c3ncnn4cc(-c5cnn([C@H]6C[C@H](O)C6)c5)cc34)CC2)nc1. The van der Waals surface area contributed by atoms with Crippen molar-refractivity contribution in [1.82, 2.24) is 34.3 Å². The molecule has 0 amide bonds.